The number of fused-ring (bicyclic) bond motifs is 1. The lowest BCUT2D eigenvalue weighted by Crippen LogP contribution is -2.24. The molecule has 0 fully saturated rings. The van der Waals surface area contributed by atoms with Gasteiger partial charge in [0.2, 0.25) is 0 Å². The topological polar surface area (TPSA) is 24.9 Å². The van der Waals surface area contributed by atoms with Crippen molar-refractivity contribution in [2.45, 2.75) is 38.8 Å². The number of aromatic nitrogens is 1. The second-order valence-electron chi connectivity index (χ2n) is 4.89. The van der Waals surface area contributed by atoms with Gasteiger partial charge in [-0.1, -0.05) is 24.3 Å². The van der Waals surface area contributed by atoms with Crippen LogP contribution in [0, 0.1) is 6.92 Å². The Morgan fingerprint density at radius 1 is 1.39 bits per heavy atom. The highest BCUT2D eigenvalue weighted by Crippen LogP contribution is 2.29. The Balaban J connectivity index is 1.73. The fourth-order valence-electron chi connectivity index (χ4n) is 2.68. The Labute approximate surface area is 112 Å². The van der Waals surface area contributed by atoms with E-state index >= 15 is 0 Å². The molecule has 0 saturated carbocycles. The molecular formula is C15H18N2S. The molecule has 0 aliphatic heterocycles. The summed E-state index contributed by atoms with van der Waals surface area (Å²) in [4.78, 5) is 5.66. The third-order valence-corrected chi connectivity index (χ3v) is 4.66. The van der Waals surface area contributed by atoms with Gasteiger partial charge in [0.25, 0.3) is 0 Å². The van der Waals surface area contributed by atoms with Crippen molar-refractivity contribution in [3.05, 3.63) is 51.5 Å². The number of benzene rings is 1. The summed E-state index contributed by atoms with van der Waals surface area (Å²) in [5.41, 5.74) is 6.10. The molecule has 1 aliphatic carbocycles. The van der Waals surface area contributed by atoms with E-state index < -0.39 is 0 Å². The van der Waals surface area contributed by atoms with Gasteiger partial charge in [0.15, 0.2) is 0 Å². The standard InChI is InChI=1S/C15H18N2S/c1-11-15(18-10-17-11)9-16-14-8-4-6-12-5-2-3-7-13(12)14/h2-3,5,7,10,14,16H,4,6,8-9H2,1H3. The SMILES string of the molecule is Cc1ncsc1CNC1CCCc2ccccc21. The Morgan fingerprint density at radius 2 is 2.28 bits per heavy atom. The Hall–Kier alpha value is -1.19. The highest BCUT2D eigenvalue weighted by Gasteiger charge is 2.19. The van der Waals surface area contributed by atoms with Crippen molar-refractivity contribution < 1.29 is 0 Å². The number of nitrogens with zero attached hydrogens (tertiary/aromatic N) is 1. The van der Waals surface area contributed by atoms with Crippen LogP contribution in [-0.2, 0) is 13.0 Å². The summed E-state index contributed by atoms with van der Waals surface area (Å²) in [6, 6.07) is 9.34. The summed E-state index contributed by atoms with van der Waals surface area (Å²) in [5.74, 6) is 0. The summed E-state index contributed by atoms with van der Waals surface area (Å²) in [5, 5.41) is 3.69. The van der Waals surface area contributed by atoms with Gasteiger partial charge in [-0.2, -0.15) is 0 Å². The molecule has 1 aromatic carbocycles. The molecule has 3 rings (SSSR count). The molecule has 94 valence electrons. The van der Waals surface area contributed by atoms with Crippen molar-refractivity contribution in [1.82, 2.24) is 10.3 Å². The molecule has 0 radical (unpaired) electrons. The van der Waals surface area contributed by atoms with Crippen molar-refractivity contribution in [2.75, 3.05) is 0 Å². The first-order chi connectivity index (χ1) is 8.84. The van der Waals surface area contributed by atoms with Gasteiger partial charge in [0.05, 0.1) is 11.2 Å². The first kappa shape index (κ1) is 11.9. The molecule has 0 bridgehead atoms. The maximum atomic E-state index is 4.30. The van der Waals surface area contributed by atoms with E-state index in [4.69, 9.17) is 0 Å². The second-order valence-corrected chi connectivity index (χ2v) is 5.82. The van der Waals surface area contributed by atoms with E-state index in [0.717, 1.165) is 12.2 Å². The second kappa shape index (κ2) is 5.21. The fourth-order valence-corrected chi connectivity index (χ4v) is 3.41. The molecular weight excluding hydrogens is 240 g/mol. The Morgan fingerprint density at radius 3 is 3.11 bits per heavy atom. The number of aryl methyl sites for hydroxylation is 2. The van der Waals surface area contributed by atoms with Crippen molar-refractivity contribution in [2.24, 2.45) is 0 Å². The molecule has 1 heterocycles. The van der Waals surface area contributed by atoms with E-state index in [1.54, 1.807) is 11.3 Å². The molecule has 1 atom stereocenters. The average molecular weight is 258 g/mol. The van der Waals surface area contributed by atoms with Crippen LogP contribution in [0.15, 0.2) is 29.8 Å². The van der Waals surface area contributed by atoms with Gasteiger partial charge in [0.1, 0.15) is 0 Å². The lowest BCUT2D eigenvalue weighted by atomic mass is 9.88. The molecule has 1 N–H and O–H groups in total. The average Bonchev–Trinajstić information content (AvgIpc) is 2.82. The molecule has 3 heteroatoms. The van der Waals surface area contributed by atoms with Crippen LogP contribution in [0.25, 0.3) is 0 Å². The number of hydrogen-bond acceptors (Lipinski definition) is 3. The summed E-state index contributed by atoms with van der Waals surface area (Å²) in [6.07, 6.45) is 3.76. The number of rotatable bonds is 3. The minimum absolute atomic E-state index is 0.511. The van der Waals surface area contributed by atoms with Crippen molar-refractivity contribution in [1.29, 1.82) is 0 Å². The summed E-state index contributed by atoms with van der Waals surface area (Å²) in [6.45, 7) is 3.03. The maximum absolute atomic E-state index is 4.30. The zero-order valence-electron chi connectivity index (χ0n) is 10.6. The highest BCUT2D eigenvalue weighted by molar-refractivity contribution is 7.09. The molecule has 2 nitrogen and oxygen atoms in total. The van der Waals surface area contributed by atoms with E-state index in [1.165, 1.54) is 35.3 Å². The highest BCUT2D eigenvalue weighted by atomic mass is 32.1. The third kappa shape index (κ3) is 2.33. The molecule has 1 aromatic heterocycles. The van der Waals surface area contributed by atoms with E-state index in [0.29, 0.717) is 6.04 Å². The van der Waals surface area contributed by atoms with Crippen LogP contribution in [-0.4, -0.2) is 4.98 Å². The number of thiazole rings is 1. The first-order valence-electron chi connectivity index (χ1n) is 6.55. The normalized spacial score (nSPS) is 18.6. The summed E-state index contributed by atoms with van der Waals surface area (Å²) >= 11 is 1.75. The van der Waals surface area contributed by atoms with Gasteiger partial charge in [0, 0.05) is 17.5 Å². The third-order valence-electron chi connectivity index (χ3n) is 3.72. The molecule has 1 aliphatic rings. The van der Waals surface area contributed by atoms with E-state index in [-0.39, 0.29) is 0 Å². The van der Waals surface area contributed by atoms with Gasteiger partial charge in [-0.05, 0) is 37.3 Å². The minimum atomic E-state index is 0.511. The first-order valence-corrected chi connectivity index (χ1v) is 7.42. The van der Waals surface area contributed by atoms with Crippen LogP contribution in [0.4, 0.5) is 0 Å². The Kier molecular flexibility index (Phi) is 3.43. The van der Waals surface area contributed by atoms with Gasteiger partial charge in [-0.25, -0.2) is 4.98 Å². The predicted molar refractivity (Wildman–Crippen MR) is 75.8 cm³/mol. The zero-order valence-corrected chi connectivity index (χ0v) is 11.5. The van der Waals surface area contributed by atoms with Crippen LogP contribution in [0.1, 0.15) is 40.6 Å². The molecule has 0 saturated heterocycles. The van der Waals surface area contributed by atoms with Gasteiger partial charge in [-0.15, -0.1) is 11.3 Å². The van der Waals surface area contributed by atoms with Crippen LogP contribution in [0.2, 0.25) is 0 Å². The predicted octanol–water partition coefficient (Wildman–Crippen LogP) is 3.62. The molecule has 2 aromatic rings. The zero-order chi connectivity index (χ0) is 12.4. The van der Waals surface area contributed by atoms with Crippen LogP contribution in [0.5, 0.6) is 0 Å². The van der Waals surface area contributed by atoms with Crippen molar-refractivity contribution in [3.8, 4) is 0 Å². The minimum Gasteiger partial charge on any atom is -0.305 e. The molecule has 0 spiro atoms. The van der Waals surface area contributed by atoms with Crippen LogP contribution < -0.4 is 5.32 Å². The molecule has 18 heavy (non-hydrogen) atoms. The van der Waals surface area contributed by atoms with Gasteiger partial charge >= 0.3 is 0 Å². The maximum Gasteiger partial charge on any atom is 0.0798 e. The molecule has 0 amide bonds. The van der Waals surface area contributed by atoms with E-state index in [9.17, 15) is 0 Å². The summed E-state index contributed by atoms with van der Waals surface area (Å²) < 4.78 is 0. The molecule has 1 unspecified atom stereocenters. The van der Waals surface area contributed by atoms with Crippen molar-refractivity contribution >= 4 is 11.3 Å². The van der Waals surface area contributed by atoms with Gasteiger partial charge < -0.3 is 5.32 Å². The van der Waals surface area contributed by atoms with Crippen LogP contribution in [0.3, 0.4) is 0 Å². The number of nitrogens with one attached hydrogen (secondary N) is 1. The van der Waals surface area contributed by atoms with Crippen LogP contribution >= 0.6 is 11.3 Å². The number of hydrogen-bond donors (Lipinski definition) is 1. The van der Waals surface area contributed by atoms with Gasteiger partial charge in [-0.3, -0.25) is 0 Å². The monoisotopic (exact) mass is 258 g/mol. The largest absolute Gasteiger partial charge is 0.305 e. The van der Waals surface area contributed by atoms with E-state index in [1.807, 2.05) is 5.51 Å². The van der Waals surface area contributed by atoms with E-state index in [2.05, 4.69) is 41.5 Å². The van der Waals surface area contributed by atoms with Crippen molar-refractivity contribution in [3.63, 3.8) is 0 Å². The fraction of sp³-hybridized carbons (Fsp3) is 0.400. The lowest BCUT2D eigenvalue weighted by molar-refractivity contribution is 0.460. The quantitative estimate of drug-likeness (QED) is 0.909. The smallest absolute Gasteiger partial charge is 0.0798 e. The summed E-state index contributed by atoms with van der Waals surface area (Å²) in [7, 11) is 0. The Bertz CT molecular complexity index is 533. The lowest BCUT2D eigenvalue weighted by Gasteiger charge is -2.26.